The Hall–Kier alpha value is -2.17. The van der Waals surface area contributed by atoms with Crippen LogP contribution in [0.5, 0.6) is 0 Å². The normalized spacial score (nSPS) is 10.5. The van der Waals surface area contributed by atoms with Crippen molar-refractivity contribution in [1.82, 2.24) is 15.0 Å². The summed E-state index contributed by atoms with van der Waals surface area (Å²) in [4.78, 5) is 10.9. The van der Waals surface area contributed by atoms with E-state index in [1.165, 1.54) is 10.2 Å². The maximum atomic E-state index is 10.9. The molecule has 2 rings (SSSR count). The summed E-state index contributed by atoms with van der Waals surface area (Å²) in [5, 5.41) is 16.4. The van der Waals surface area contributed by atoms with Gasteiger partial charge in [0.1, 0.15) is 0 Å². The predicted molar refractivity (Wildman–Crippen MR) is 62.5 cm³/mol. The van der Waals surface area contributed by atoms with E-state index in [1.54, 1.807) is 6.92 Å². The fourth-order valence-corrected chi connectivity index (χ4v) is 1.63. The highest BCUT2D eigenvalue weighted by atomic mass is 16.4. The molecule has 1 N–H and O–H groups in total. The molecule has 0 aliphatic heterocycles. The molecular weight excluding hydrogens is 218 g/mol. The zero-order valence-corrected chi connectivity index (χ0v) is 9.93. The van der Waals surface area contributed by atoms with Crippen molar-refractivity contribution in [3.63, 3.8) is 0 Å². The third-order valence-electron chi connectivity index (χ3n) is 2.83. The van der Waals surface area contributed by atoms with Crippen LogP contribution in [-0.4, -0.2) is 26.1 Å². The largest absolute Gasteiger partial charge is 0.476 e. The smallest absolute Gasteiger partial charge is 0.358 e. The summed E-state index contributed by atoms with van der Waals surface area (Å²) in [7, 11) is 0. The van der Waals surface area contributed by atoms with Gasteiger partial charge in [-0.3, -0.25) is 0 Å². The summed E-state index contributed by atoms with van der Waals surface area (Å²) in [5.74, 6) is -1.06. The summed E-state index contributed by atoms with van der Waals surface area (Å²) in [6, 6.07) is 5.84. The molecule has 0 atom stereocenters. The Morgan fingerprint density at radius 3 is 2.47 bits per heavy atom. The van der Waals surface area contributed by atoms with E-state index in [0.717, 1.165) is 11.3 Å². The lowest BCUT2D eigenvalue weighted by Crippen LogP contribution is -2.03. The average molecular weight is 231 g/mol. The molecular formula is C12H13N3O2. The first-order chi connectivity index (χ1) is 8.00. The minimum absolute atomic E-state index is 0.0109. The lowest BCUT2D eigenvalue weighted by atomic mass is 10.1. The predicted octanol–water partition coefficient (Wildman–Crippen LogP) is 1.89. The fourth-order valence-electron chi connectivity index (χ4n) is 1.63. The van der Waals surface area contributed by atoms with E-state index in [9.17, 15) is 4.79 Å². The van der Waals surface area contributed by atoms with Crippen LogP contribution in [0.3, 0.4) is 0 Å². The van der Waals surface area contributed by atoms with Crippen molar-refractivity contribution in [1.29, 1.82) is 0 Å². The van der Waals surface area contributed by atoms with Crippen molar-refractivity contribution >= 4 is 5.97 Å². The van der Waals surface area contributed by atoms with Crippen LogP contribution in [-0.2, 0) is 0 Å². The number of nitrogens with zero attached hydrogens (tertiary/aromatic N) is 3. The zero-order valence-electron chi connectivity index (χ0n) is 9.93. The second kappa shape index (κ2) is 4.01. The molecule has 0 amide bonds. The van der Waals surface area contributed by atoms with Gasteiger partial charge in [0, 0.05) is 0 Å². The van der Waals surface area contributed by atoms with E-state index < -0.39 is 5.97 Å². The molecule has 1 heterocycles. The summed E-state index contributed by atoms with van der Waals surface area (Å²) >= 11 is 0. The van der Waals surface area contributed by atoms with Gasteiger partial charge in [-0.15, -0.1) is 5.10 Å². The minimum atomic E-state index is -1.06. The topological polar surface area (TPSA) is 68.0 Å². The number of carboxylic acids is 1. The van der Waals surface area contributed by atoms with Crippen molar-refractivity contribution in [3.05, 3.63) is 40.7 Å². The first kappa shape index (κ1) is 11.3. The van der Waals surface area contributed by atoms with Crippen LogP contribution in [0.2, 0.25) is 0 Å². The van der Waals surface area contributed by atoms with Crippen LogP contribution in [0.15, 0.2) is 18.2 Å². The number of aromatic carboxylic acids is 1. The maximum absolute atomic E-state index is 10.9. The number of rotatable bonds is 2. The van der Waals surface area contributed by atoms with Crippen molar-refractivity contribution in [2.24, 2.45) is 0 Å². The van der Waals surface area contributed by atoms with Gasteiger partial charge in [-0.25, -0.2) is 9.48 Å². The Bertz CT molecular complexity index is 587. The molecule has 17 heavy (non-hydrogen) atoms. The van der Waals surface area contributed by atoms with Crippen LogP contribution in [0.4, 0.5) is 0 Å². The van der Waals surface area contributed by atoms with E-state index in [0.29, 0.717) is 5.69 Å². The monoisotopic (exact) mass is 231 g/mol. The molecule has 0 radical (unpaired) electrons. The molecule has 1 aromatic heterocycles. The molecule has 0 aliphatic rings. The van der Waals surface area contributed by atoms with Crippen molar-refractivity contribution in [3.8, 4) is 5.69 Å². The molecule has 0 saturated carbocycles. The Balaban J connectivity index is 2.53. The summed E-state index contributed by atoms with van der Waals surface area (Å²) in [5.41, 5.74) is 3.66. The standard InChI is InChI=1S/C12H13N3O2/c1-7-4-5-10(6-8(7)2)15-9(3)11(12(16)17)13-14-15/h4-6H,1-3H3,(H,16,17). The van der Waals surface area contributed by atoms with E-state index in [4.69, 9.17) is 5.11 Å². The van der Waals surface area contributed by atoms with Gasteiger partial charge in [-0.1, -0.05) is 11.3 Å². The highest BCUT2D eigenvalue weighted by Crippen LogP contribution is 2.16. The van der Waals surface area contributed by atoms with Gasteiger partial charge in [-0.2, -0.15) is 0 Å². The second-order valence-corrected chi connectivity index (χ2v) is 4.01. The highest BCUT2D eigenvalue weighted by Gasteiger charge is 2.15. The van der Waals surface area contributed by atoms with E-state index >= 15 is 0 Å². The van der Waals surface area contributed by atoms with Crippen LogP contribution in [0.25, 0.3) is 5.69 Å². The summed E-state index contributed by atoms with van der Waals surface area (Å²) in [6.07, 6.45) is 0. The molecule has 0 spiro atoms. The lowest BCUT2D eigenvalue weighted by molar-refractivity contribution is 0.0689. The fraction of sp³-hybridized carbons (Fsp3) is 0.250. The van der Waals surface area contributed by atoms with Gasteiger partial charge in [0.2, 0.25) is 0 Å². The summed E-state index contributed by atoms with van der Waals surface area (Å²) < 4.78 is 1.54. The Kier molecular flexibility index (Phi) is 2.67. The van der Waals surface area contributed by atoms with E-state index in [-0.39, 0.29) is 5.69 Å². The number of carboxylic acid groups (broad SMARTS) is 1. The molecule has 2 aromatic rings. The Labute approximate surface area is 98.7 Å². The molecule has 1 aromatic carbocycles. The molecule has 0 aliphatic carbocycles. The first-order valence-electron chi connectivity index (χ1n) is 5.24. The molecule has 88 valence electrons. The van der Waals surface area contributed by atoms with E-state index in [1.807, 2.05) is 32.0 Å². The third-order valence-corrected chi connectivity index (χ3v) is 2.83. The molecule has 0 saturated heterocycles. The van der Waals surface area contributed by atoms with Gasteiger partial charge in [0.15, 0.2) is 5.69 Å². The van der Waals surface area contributed by atoms with Crippen LogP contribution in [0, 0.1) is 20.8 Å². The number of benzene rings is 1. The minimum Gasteiger partial charge on any atom is -0.476 e. The van der Waals surface area contributed by atoms with Gasteiger partial charge in [0.05, 0.1) is 11.4 Å². The Morgan fingerprint density at radius 1 is 1.24 bits per heavy atom. The van der Waals surface area contributed by atoms with Crippen molar-refractivity contribution in [2.45, 2.75) is 20.8 Å². The van der Waals surface area contributed by atoms with Gasteiger partial charge >= 0.3 is 5.97 Å². The summed E-state index contributed by atoms with van der Waals surface area (Å²) in [6.45, 7) is 5.72. The third kappa shape index (κ3) is 1.91. The van der Waals surface area contributed by atoms with Crippen LogP contribution < -0.4 is 0 Å². The highest BCUT2D eigenvalue weighted by molar-refractivity contribution is 5.86. The average Bonchev–Trinajstić information content (AvgIpc) is 2.64. The van der Waals surface area contributed by atoms with Crippen LogP contribution >= 0.6 is 0 Å². The van der Waals surface area contributed by atoms with Gasteiger partial charge in [-0.05, 0) is 44.0 Å². The SMILES string of the molecule is Cc1ccc(-n2nnc(C(=O)O)c2C)cc1C. The van der Waals surface area contributed by atoms with Gasteiger partial charge in [0.25, 0.3) is 0 Å². The number of hydrogen-bond acceptors (Lipinski definition) is 3. The quantitative estimate of drug-likeness (QED) is 0.857. The molecule has 0 unspecified atom stereocenters. The van der Waals surface area contributed by atoms with E-state index in [2.05, 4.69) is 10.3 Å². The number of aromatic nitrogens is 3. The van der Waals surface area contributed by atoms with Crippen LogP contribution in [0.1, 0.15) is 27.3 Å². The lowest BCUT2D eigenvalue weighted by Gasteiger charge is -2.06. The Morgan fingerprint density at radius 2 is 1.94 bits per heavy atom. The number of carbonyl (C=O) groups is 1. The number of aryl methyl sites for hydroxylation is 2. The molecule has 5 nitrogen and oxygen atoms in total. The molecule has 0 fully saturated rings. The molecule has 0 bridgehead atoms. The first-order valence-corrected chi connectivity index (χ1v) is 5.24. The second-order valence-electron chi connectivity index (χ2n) is 4.01. The maximum Gasteiger partial charge on any atom is 0.358 e. The van der Waals surface area contributed by atoms with Crippen molar-refractivity contribution in [2.75, 3.05) is 0 Å². The zero-order chi connectivity index (χ0) is 12.6. The number of hydrogen-bond donors (Lipinski definition) is 1. The molecule has 5 heteroatoms. The van der Waals surface area contributed by atoms with Gasteiger partial charge < -0.3 is 5.11 Å². The van der Waals surface area contributed by atoms with Crippen molar-refractivity contribution < 1.29 is 9.90 Å².